The van der Waals surface area contributed by atoms with Gasteiger partial charge in [0.1, 0.15) is 0 Å². The van der Waals surface area contributed by atoms with Gasteiger partial charge in [-0.25, -0.2) is 0 Å². The Kier molecular flexibility index (Phi) is 3.59. The molecular weight excluding hydrogens is 336 g/mol. The largest absolute Gasteiger partial charge is 0.360 e. The van der Waals surface area contributed by atoms with Gasteiger partial charge in [0, 0.05) is 11.6 Å². The van der Waals surface area contributed by atoms with E-state index in [0.717, 1.165) is 40.6 Å². The summed E-state index contributed by atoms with van der Waals surface area (Å²) < 4.78 is 0. The fraction of sp³-hybridized carbons (Fsp3) is 0.957. The molecular formula is C23H36N2S. The van der Waals surface area contributed by atoms with Crippen molar-refractivity contribution in [2.24, 2.45) is 40.9 Å². The maximum Gasteiger partial charge on any atom is 0.166 e. The molecule has 0 aromatic heterocycles. The van der Waals surface area contributed by atoms with Crippen molar-refractivity contribution in [2.75, 3.05) is 0 Å². The molecule has 1 atom stereocenters. The van der Waals surface area contributed by atoms with Crippen molar-refractivity contribution in [1.29, 1.82) is 0 Å². The second kappa shape index (κ2) is 5.61. The third kappa shape index (κ3) is 2.58. The summed E-state index contributed by atoms with van der Waals surface area (Å²) in [6, 6.07) is 0.546. The van der Waals surface area contributed by atoms with E-state index in [4.69, 9.17) is 12.2 Å². The van der Waals surface area contributed by atoms with Crippen LogP contribution >= 0.6 is 12.2 Å². The third-order valence-electron chi connectivity index (χ3n) is 9.77. The first kappa shape index (κ1) is 16.6. The molecule has 8 fully saturated rings. The van der Waals surface area contributed by atoms with Gasteiger partial charge < -0.3 is 10.6 Å². The average molecular weight is 373 g/mol. The van der Waals surface area contributed by atoms with Crippen LogP contribution in [0.15, 0.2) is 0 Å². The maximum atomic E-state index is 5.90. The molecule has 0 saturated heterocycles. The Morgan fingerprint density at radius 3 is 1.54 bits per heavy atom. The van der Waals surface area contributed by atoms with E-state index in [1.54, 1.807) is 0 Å². The lowest BCUT2D eigenvalue weighted by Crippen LogP contribution is -2.63. The first-order valence-electron chi connectivity index (χ1n) is 11.6. The van der Waals surface area contributed by atoms with Gasteiger partial charge in [-0.15, -0.1) is 0 Å². The molecule has 2 N–H and O–H groups in total. The zero-order valence-corrected chi connectivity index (χ0v) is 17.3. The summed E-state index contributed by atoms with van der Waals surface area (Å²) in [5, 5.41) is 8.72. The Morgan fingerprint density at radius 1 is 0.731 bits per heavy atom. The summed E-state index contributed by atoms with van der Waals surface area (Å²) in [5.74, 6) is 6.02. The Labute approximate surface area is 164 Å². The molecule has 26 heavy (non-hydrogen) atoms. The van der Waals surface area contributed by atoms with Crippen LogP contribution in [0, 0.1) is 40.9 Å². The van der Waals surface area contributed by atoms with Crippen molar-refractivity contribution >= 4 is 17.3 Å². The molecule has 8 aliphatic rings. The second-order valence-electron chi connectivity index (χ2n) is 11.8. The van der Waals surface area contributed by atoms with E-state index in [1.165, 1.54) is 77.0 Å². The number of hydrogen-bond acceptors (Lipinski definition) is 1. The predicted octanol–water partition coefficient (Wildman–Crippen LogP) is 5.02. The van der Waals surface area contributed by atoms with E-state index in [-0.39, 0.29) is 0 Å². The monoisotopic (exact) mass is 372 g/mol. The van der Waals surface area contributed by atoms with Gasteiger partial charge in [0.05, 0.1) is 0 Å². The molecule has 1 unspecified atom stereocenters. The number of hydrogen-bond donors (Lipinski definition) is 2. The Bertz CT molecular complexity index is 541. The molecule has 0 radical (unpaired) electrons. The van der Waals surface area contributed by atoms with E-state index < -0.39 is 0 Å². The van der Waals surface area contributed by atoms with Gasteiger partial charge >= 0.3 is 0 Å². The first-order chi connectivity index (χ1) is 12.5. The highest BCUT2D eigenvalue weighted by molar-refractivity contribution is 7.80. The molecule has 8 bridgehead atoms. The normalized spacial score (nSPS) is 54.3. The van der Waals surface area contributed by atoms with Crippen molar-refractivity contribution in [2.45, 2.75) is 95.6 Å². The Hall–Kier alpha value is -0.310. The minimum atomic E-state index is 0.347. The molecule has 2 nitrogen and oxygen atoms in total. The summed E-state index contributed by atoms with van der Waals surface area (Å²) in [6.45, 7) is 2.45. The van der Waals surface area contributed by atoms with Crippen LogP contribution in [0.2, 0.25) is 0 Å². The Balaban J connectivity index is 1.13. The maximum absolute atomic E-state index is 5.90. The third-order valence-corrected chi connectivity index (χ3v) is 9.99. The van der Waals surface area contributed by atoms with E-state index >= 15 is 0 Å². The molecule has 0 spiro atoms. The zero-order chi connectivity index (χ0) is 17.5. The van der Waals surface area contributed by atoms with Gasteiger partial charge in [-0.1, -0.05) is 0 Å². The highest BCUT2D eigenvalue weighted by Crippen LogP contribution is 2.61. The molecule has 144 valence electrons. The molecule has 0 aromatic rings. The second-order valence-corrected chi connectivity index (χ2v) is 12.2. The van der Waals surface area contributed by atoms with E-state index in [2.05, 4.69) is 17.6 Å². The summed E-state index contributed by atoms with van der Waals surface area (Å²) in [6.07, 6.45) is 17.6. The van der Waals surface area contributed by atoms with Gasteiger partial charge in [-0.3, -0.25) is 0 Å². The van der Waals surface area contributed by atoms with Crippen molar-refractivity contribution in [3.05, 3.63) is 0 Å². The van der Waals surface area contributed by atoms with Crippen LogP contribution in [0.4, 0.5) is 0 Å². The zero-order valence-electron chi connectivity index (χ0n) is 16.4. The molecule has 8 saturated carbocycles. The molecule has 8 rings (SSSR count). The van der Waals surface area contributed by atoms with Crippen molar-refractivity contribution < 1.29 is 0 Å². The SMILES string of the molecule is CC(NC(=S)NC12CC3CC(CC(C3)C1)C2)C12CC3CC(CC(C3)C1)C2. The van der Waals surface area contributed by atoms with Crippen LogP contribution < -0.4 is 10.6 Å². The summed E-state index contributed by atoms with van der Waals surface area (Å²) in [5.41, 5.74) is 0.891. The average Bonchev–Trinajstić information content (AvgIpc) is 2.51. The van der Waals surface area contributed by atoms with Crippen LogP contribution in [0.5, 0.6) is 0 Å². The molecule has 0 heterocycles. The van der Waals surface area contributed by atoms with E-state index in [9.17, 15) is 0 Å². The summed E-state index contributed by atoms with van der Waals surface area (Å²) >= 11 is 5.90. The lowest BCUT2D eigenvalue weighted by molar-refractivity contribution is -0.0676. The molecule has 3 heteroatoms. The van der Waals surface area contributed by atoms with Gasteiger partial charge in [-0.05, 0) is 137 Å². The summed E-state index contributed by atoms with van der Waals surface area (Å²) in [7, 11) is 0. The fourth-order valence-electron chi connectivity index (χ4n) is 9.60. The lowest BCUT2D eigenvalue weighted by Gasteiger charge is -2.59. The van der Waals surface area contributed by atoms with E-state index in [1.807, 2.05) is 0 Å². The van der Waals surface area contributed by atoms with Gasteiger partial charge in [0.25, 0.3) is 0 Å². The van der Waals surface area contributed by atoms with Crippen LogP contribution in [0.3, 0.4) is 0 Å². The molecule has 0 aromatic carbocycles. The molecule has 0 amide bonds. The molecule has 0 aliphatic heterocycles. The van der Waals surface area contributed by atoms with Gasteiger partial charge in [0.2, 0.25) is 0 Å². The standard InChI is InChI=1S/C23H36N2S/c1-14(22-8-15-2-16(9-22)4-17(3-15)10-22)24-21(26)25-23-11-18-5-19(12-23)7-20(6-18)13-23/h14-20H,2-13H2,1H3,(H2,24,25,26). The van der Waals surface area contributed by atoms with Crippen molar-refractivity contribution in [3.63, 3.8) is 0 Å². The first-order valence-corrected chi connectivity index (χ1v) is 12.0. The topological polar surface area (TPSA) is 24.1 Å². The van der Waals surface area contributed by atoms with Crippen LogP contribution in [0.1, 0.15) is 84.0 Å². The van der Waals surface area contributed by atoms with Crippen LogP contribution in [-0.2, 0) is 0 Å². The predicted molar refractivity (Wildman–Crippen MR) is 110 cm³/mol. The minimum Gasteiger partial charge on any atom is -0.360 e. The van der Waals surface area contributed by atoms with Crippen LogP contribution in [0.25, 0.3) is 0 Å². The van der Waals surface area contributed by atoms with Crippen molar-refractivity contribution in [1.82, 2.24) is 10.6 Å². The number of rotatable bonds is 3. The number of thiocarbonyl (C=S) groups is 1. The lowest BCUT2D eigenvalue weighted by atomic mass is 9.48. The Morgan fingerprint density at radius 2 is 1.12 bits per heavy atom. The fourth-order valence-corrected chi connectivity index (χ4v) is 9.99. The number of nitrogens with one attached hydrogen (secondary N) is 2. The van der Waals surface area contributed by atoms with E-state index in [0.29, 0.717) is 17.0 Å². The molecule has 8 aliphatic carbocycles. The summed E-state index contributed by atoms with van der Waals surface area (Å²) in [4.78, 5) is 0. The van der Waals surface area contributed by atoms with Crippen molar-refractivity contribution in [3.8, 4) is 0 Å². The minimum absolute atomic E-state index is 0.347. The quantitative estimate of drug-likeness (QED) is 0.680. The highest BCUT2D eigenvalue weighted by atomic mass is 32.1. The van der Waals surface area contributed by atoms with Gasteiger partial charge in [-0.2, -0.15) is 0 Å². The van der Waals surface area contributed by atoms with Crippen LogP contribution in [-0.4, -0.2) is 16.7 Å². The smallest absolute Gasteiger partial charge is 0.166 e. The highest BCUT2D eigenvalue weighted by Gasteiger charge is 2.54. The van der Waals surface area contributed by atoms with Gasteiger partial charge in [0.15, 0.2) is 5.11 Å².